The van der Waals surface area contributed by atoms with E-state index in [-0.39, 0.29) is 5.60 Å². The minimum Gasteiger partial charge on any atom is -0.367 e. The molecule has 15 heavy (non-hydrogen) atoms. The molecule has 1 fully saturated rings. The minimum absolute atomic E-state index is 0.130. The van der Waals surface area contributed by atoms with Crippen molar-refractivity contribution < 1.29 is 4.74 Å². The van der Waals surface area contributed by atoms with Crippen molar-refractivity contribution in [3.63, 3.8) is 0 Å². The predicted molar refractivity (Wildman–Crippen MR) is 65.9 cm³/mol. The fraction of sp³-hybridized carbons (Fsp3) is 0.714. The monoisotopic (exact) mass is 208 g/mol. The third kappa shape index (κ3) is 3.20. The SMILES string of the molecule is C=CCOC1(C=C)CC(C)CC(C)(C)C1. The average molecular weight is 208 g/mol. The van der Waals surface area contributed by atoms with Crippen LogP contribution >= 0.6 is 0 Å². The van der Waals surface area contributed by atoms with Gasteiger partial charge in [0.25, 0.3) is 0 Å². The second-order valence-corrected chi connectivity index (χ2v) is 5.72. The van der Waals surface area contributed by atoms with Gasteiger partial charge in [-0.15, -0.1) is 13.2 Å². The molecule has 0 amide bonds. The van der Waals surface area contributed by atoms with Crippen LogP contribution in [0.1, 0.15) is 40.0 Å². The van der Waals surface area contributed by atoms with Crippen molar-refractivity contribution in [3.8, 4) is 0 Å². The highest BCUT2D eigenvalue weighted by Gasteiger charge is 2.41. The molecule has 0 radical (unpaired) electrons. The summed E-state index contributed by atoms with van der Waals surface area (Å²) in [6.07, 6.45) is 7.25. The Bertz CT molecular complexity index is 242. The fourth-order valence-corrected chi connectivity index (χ4v) is 3.11. The van der Waals surface area contributed by atoms with Gasteiger partial charge in [-0.25, -0.2) is 0 Å². The second kappa shape index (κ2) is 4.52. The average Bonchev–Trinajstić information content (AvgIpc) is 2.11. The van der Waals surface area contributed by atoms with E-state index < -0.39 is 0 Å². The molecule has 1 aliphatic rings. The van der Waals surface area contributed by atoms with E-state index in [2.05, 4.69) is 33.9 Å². The summed E-state index contributed by atoms with van der Waals surface area (Å²) in [5.41, 5.74) is 0.225. The molecule has 1 saturated carbocycles. The molecule has 0 aromatic heterocycles. The molecule has 0 aromatic carbocycles. The van der Waals surface area contributed by atoms with Gasteiger partial charge in [0, 0.05) is 0 Å². The highest BCUT2D eigenvalue weighted by molar-refractivity contribution is 5.05. The first-order chi connectivity index (χ1) is 6.93. The lowest BCUT2D eigenvalue weighted by molar-refractivity contribution is -0.0677. The second-order valence-electron chi connectivity index (χ2n) is 5.72. The van der Waals surface area contributed by atoms with Crippen molar-refractivity contribution in [3.05, 3.63) is 25.3 Å². The zero-order chi connectivity index (χ0) is 11.5. The van der Waals surface area contributed by atoms with Gasteiger partial charge in [0.05, 0.1) is 12.2 Å². The van der Waals surface area contributed by atoms with Crippen LogP contribution in [0, 0.1) is 11.3 Å². The van der Waals surface area contributed by atoms with Crippen LogP contribution in [0.2, 0.25) is 0 Å². The van der Waals surface area contributed by atoms with E-state index in [0.29, 0.717) is 17.9 Å². The summed E-state index contributed by atoms with van der Waals surface area (Å²) in [5, 5.41) is 0. The molecule has 0 bridgehead atoms. The van der Waals surface area contributed by atoms with Crippen molar-refractivity contribution in [2.45, 2.75) is 45.6 Å². The van der Waals surface area contributed by atoms with Gasteiger partial charge in [0.1, 0.15) is 0 Å². The molecule has 2 unspecified atom stereocenters. The molecule has 1 aliphatic carbocycles. The van der Waals surface area contributed by atoms with Crippen LogP contribution in [0.15, 0.2) is 25.3 Å². The third-order valence-corrected chi connectivity index (χ3v) is 3.23. The molecule has 0 heterocycles. The van der Waals surface area contributed by atoms with E-state index >= 15 is 0 Å². The van der Waals surface area contributed by atoms with E-state index in [1.807, 2.05) is 12.2 Å². The van der Waals surface area contributed by atoms with Crippen molar-refractivity contribution in [2.24, 2.45) is 11.3 Å². The van der Waals surface area contributed by atoms with E-state index in [1.54, 1.807) is 0 Å². The summed E-state index contributed by atoms with van der Waals surface area (Å²) < 4.78 is 5.94. The number of hydrogen-bond donors (Lipinski definition) is 0. The van der Waals surface area contributed by atoms with Gasteiger partial charge >= 0.3 is 0 Å². The standard InChI is InChI=1S/C14H24O/c1-6-8-15-14(7-2)10-12(3)9-13(4,5)11-14/h6-7,12H,1-2,8-11H2,3-5H3. The molecule has 0 N–H and O–H groups in total. The summed E-state index contributed by atoms with van der Waals surface area (Å²) in [6, 6.07) is 0. The first kappa shape index (κ1) is 12.5. The molecular weight excluding hydrogens is 184 g/mol. The molecule has 1 rings (SSSR count). The Hall–Kier alpha value is -0.560. The summed E-state index contributed by atoms with van der Waals surface area (Å²) >= 11 is 0. The maximum absolute atomic E-state index is 5.94. The fourth-order valence-electron chi connectivity index (χ4n) is 3.11. The maximum atomic E-state index is 5.94. The molecule has 0 aliphatic heterocycles. The van der Waals surface area contributed by atoms with Crippen LogP contribution in [-0.4, -0.2) is 12.2 Å². The van der Waals surface area contributed by atoms with Crippen LogP contribution in [0.5, 0.6) is 0 Å². The topological polar surface area (TPSA) is 9.23 Å². The molecule has 1 heteroatoms. The van der Waals surface area contributed by atoms with Gasteiger partial charge in [-0.05, 0) is 30.6 Å². The largest absolute Gasteiger partial charge is 0.367 e. The van der Waals surface area contributed by atoms with E-state index in [0.717, 1.165) is 12.8 Å². The third-order valence-electron chi connectivity index (χ3n) is 3.23. The van der Waals surface area contributed by atoms with Gasteiger partial charge in [-0.2, -0.15) is 0 Å². The molecule has 0 spiro atoms. The molecule has 86 valence electrons. The Morgan fingerprint density at radius 2 is 2.00 bits per heavy atom. The van der Waals surface area contributed by atoms with E-state index in [9.17, 15) is 0 Å². The van der Waals surface area contributed by atoms with Crippen molar-refractivity contribution >= 4 is 0 Å². The van der Waals surface area contributed by atoms with E-state index in [1.165, 1.54) is 6.42 Å². The summed E-state index contributed by atoms with van der Waals surface area (Å²) in [4.78, 5) is 0. The summed E-state index contributed by atoms with van der Waals surface area (Å²) in [5.74, 6) is 0.705. The van der Waals surface area contributed by atoms with Crippen molar-refractivity contribution in [1.29, 1.82) is 0 Å². The Kier molecular flexibility index (Phi) is 3.77. The van der Waals surface area contributed by atoms with E-state index in [4.69, 9.17) is 4.74 Å². The lowest BCUT2D eigenvalue weighted by Gasteiger charge is -2.45. The highest BCUT2D eigenvalue weighted by Crippen LogP contribution is 2.46. The summed E-state index contributed by atoms with van der Waals surface area (Å²) in [7, 11) is 0. The van der Waals surface area contributed by atoms with Crippen LogP contribution in [-0.2, 0) is 4.74 Å². The Balaban J connectivity index is 2.78. The lowest BCUT2D eigenvalue weighted by atomic mass is 9.66. The zero-order valence-electron chi connectivity index (χ0n) is 10.4. The lowest BCUT2D eigenvalue weighted by Crippen LogP contribution is -2.42. The van der Waals surface area contributed by atoms with Crippen LogP contribution in [0.3, 0.4) is 0 Å². The first-order valence-electron chi connectivity index (χ1n) is 5.81. The van der Waals surface area contributed by atoms with Gasteiger partial charge in [-0.1, -0.05) is 32.9 Å². The van der Waals surface area contributed by atoms with Crippen molar-refractivity contribution in [1.82, 2.24) is 0 Å². The number of rotatable bonds is 4. The Morgan fingerprint density at radius 3 is 2.47 bits per heavy atom. The zero-order valence-corrected chi connectivity index (χ0v) is 10.4. The molecular formula is C14H24O. The molecule has 0 saturated heterocycles. The summed E-state index contributed by atoms with van der Waals surface area (Å²) in [6.45, 7) is 15.2. The van der Waals surface area contributed by atoms with Gasteiger partial charge in [-0.3, -0.25) is 0 Å². The molecule has 0 aromatic rings. The van der Waals surface area contributed by atoms with Gasteiger partial charge in [0.15, 0.2) is 0 Å². The normalized spacial score (nSPS) is 34.7. The molecule has 1 nitrogen and oxygen atoms in total. The highest BCUT2D eigenvalue weighted by atomic mass is 16.5. The number of ether oxygens (including phenoxy) is 1. The smallest absolute Gasteiger partial charge is 0.0871 e. The van der Waals surface area contributed by atoms with Crippen LogP contribution in [0.4, 0.5) is 0 Å². The quantitative estimate of drug-likeness (QED) is 0.635. The Labute approximate surface area is 94.2 Å². The molecule has 2 atom stereocenters. The van der Waals surface area contributed by atoms with Crippen LogP contribution in [0.25, 0.3) is 0 Å². The predicted octanol–water partition coefficient (Wildman–Crippen LogP) is 3.96. The number of hydrogen-bond acceptors (Lipinski definition) is 1. The minimum atomic E-state index is -0.130. The van der Waals surface area contributed by atoms with Gasteiger partial charge in [0.2, 0.25) is 0 Å². The van der Waals surface area contributed by atoms with Crippen LogP contribution < -0.4 is 0 Å². The van der Waals surface area contributed by atoms with Gasteiger partial charge < -0.3 is 4.74 Å². The Morgan fingerprint density at radius 1 is 1.33 bits per heavy atom. The maximum Gasteiger partial charge on any atom is 0.0871 e. The van der Waals surface area contributed by atoms with Crippen molar-refractivity contribution in [2.75, 3.05) is 6.61 Å². The first-order valence-corrected chi connectivity index (χ1v) is 5.81.